The molecule has 3 N–H and O–H groups in total. The summed E-state index contributed by atoms with van der Waals surface area (Å²) in [6.45, 7) is 0.369. The van der Waals surface area contributed by atoms with Crippen molar-refractivity contribution < 1.29 is 18.8 Å². The largest absolute Gasteiger partial charge is 0.305 e. The first-order chi connectivity index (χ1) is 10.0. The summed E-state index contributed by atoms with van der Waals surface area (Å²) < 4.78 is 13.1. The average Bonchev–Trinajstić information content (AvgIpc) is 2.71. The van der Waals surface area contributed by atoms with Crippen LogP contribution in [-0.4, -0.2) is 24.1 Å². The summed E-state index contributed by atoms with van der Waals surface area (Å²) in [7, 11) is 0. The Labute approximate surface area is 121 Å². The van der Waals surface area contributed by atoms with Crippen molar-refractivity contribution in [3.63, 3.8) is 0 Å². The molecule has 1 aliphatic rings. The Bertz CT molecular complexity index is 589. The van der Waals surface area contributed by atoms with E-state index in [0.29, 0.717) is 31.5 Å². The summed E-state index contributed by atoms with van der Waals surface area (Å²) in [5.74, 6) is 2.89. The number of ketones is 1. The summed E-state index contributed by atoms with van der Waals surface area (Å²) in [5.41, 5.74) is 2.61. The normalized spacial score (nSPS) is 13.5. The van der Waals surface area contributed by atoms with Crippen LogP contribution >= 0.6 is 0 Å². The van der Waals surface area contributed by atoms with E-state index in [4.69, 9.17) is 5.84 Å². The van der Waals surface area contributed by atoms with Gasteiger partial charge in [0.15, 0.2) is 0 Å². The molecule has 0 bridgehead atoms. The van der Waals surface area contributed by atoms with Crippen molar-refractivity contribution in [1.82, 2.24) is 5.43 Å². The number of hydrogen-bond acceptors (Lipinski definition) is 4. The second-order valence-electron chi connectivity index (χ2n) is 4.83. The number of benzene rings is 1. The van der Waals surface area contributed by atoms with Crippen LogP contribution in [0.4, 0.5) is 10.1 Å². The van der Waals surface area contributed by atoms with E-state index in [2.05, 4.69) is 0 Å². The van der Waals surface area contributed by atoms with Gasteiger partial charge in [0.05, 0.1) is 11.3 Å². The van der Waals surface area contributed by atoms with Crippen molar-refractivity contribution in [3.8, 4) is 0 Å². The minimum Gasteiger partial charge on any atom is -0.305 e. The molecule has 7 heteroatoms. The van der Waals surface area contributed by atoms with Crippen LogP contribution in [0.3, 0.4) is 0 Å². The summed E-state index contributed by atoms with van der Waals surface area (Å²) >= 11 is 0. The van der Waals surface area contributed by atoms with Crippen molar-refractivity contribution in [2.75, 3.05) is 11.4 Å². The lowest BCUT2D eigenvalue weighted by Crippen LogP contribution is -2.31. The van der Waals surface area contributed by atoms with E-state index in [1.165, 1.54) is 17.0 Å². The third kappa shape index (κ3) is 3.25. The highest BCUT2D eigenvalue weighted by Crippen LogP contribution is 2.29. The Balaban J connectivity index is 1.91. The van der Waals surface area contributed by atoms with Crippen LogP contribution in [0.5, 0.6) is 0 Å². The highest BCUT2D eigenvalue weighted by Gasteiger charge is 2.35. The molecule has 0 saturated carbocycles. The molecule has 0 radical (unpaired) electrons. The second-order valence-corrected chi connectivity index (χ2v) is 4.83. The maximum Gasteiger partial charge on any atom is 0.299 e. The zero-order chi connectivity index (χ0) is 15.4. The lowest BCUT2D eigenvalue weighted by atomic mass is 10.1. The van der Waals surface area contributed by atoms with E-state index in [-0.39, 0.29) is 11.5 Å². The number of unbranched alkanes of at least 4 members (excludes halogenated alkanes) is 2. The van der Waals surface area contributed by atoms with Gasteiger partial charge >= 0.3 is 0 Å². The number of nitrogens with two attached hydrogens (primary N) is 1. The highest BCUT2D eigenvalue weighted by molar-refractivity contribution is 6.52. The van der Waals surface area contributed by atoms with Crippen LogP contribution in [0.2, 0.25) is 0 Å². The van der Waals surface area contributed by atoms with Gasteiger partial charge in [-0.15, -0.1) is 0 Å². The summed E-state index contributed by atoms with van der Waals surface area (Å²) in [4.78, 5) is 35.9. The van der Waals surface area contributed by atoms with E-state index in [9.17, 15) is 18.8 Å². The number of nitrogens with zero attached hydrogens (tertiary/aromatic N) is 1. The molecular weight excluding hydrogens is 277 g/mol. The number of rotatable bonds is 6. The van der Waals surface area contributed by atoms with Gasteiger partial charge in [-0.25, -0.2) is 10.2 Å². The van der Waals surface area contributed by atoms with Crippen LogP contribution < -0.4 is 16.2 Å². The smallest absolute Gasteiger partial charge is 0.299 e. The van der Waals surface area contributed by atoms with Crippen molar-refractivity contribution >= 4 is 23.3 Å². The molecule has 0 unspecified atom stereocenters. The maximum absolute atomic E-state index is 13.1. The molecule has 1 aromatic carbocycles. The van der Waals surface area contributed by atoms with Gasteiger partial charge in [-0.3, -0.25) is 19.8 Å². The van der Waals surface area contributed by atoms with Crippen LogP contribution in [0, 0.1) is 5.82 Å². The monoisotopic (exact) mass is 293 g/mol. The first kappa shape index (κ1) is 15.1. The molecule has 2 amide bonds. The van der Waals surface area contributed by atoms with Gasteiger partial charge in [0.1, 0.15) is 5.82 Å². The quantitative estimate of drug-likeness (QED) is 0.268. The second kappa shape index (κ2) is 6.45. The molecule has 2 rings (SSSR count). The number of hydrazine groups is 1. The van der Waals surface area contributed by atoms with Gasteiger partial charge in [0, 0.05) is 13.0 Å². The molecule has 1 aliphatic heterocycles. The van der Waals surface area contributed by atoms with Crippen molar-refractivity contribution in [2.24, 2.45) is 5.84 Å². The molecule has 21 heavy (non-hydrogen) atoms. The van der Waals surface area contributed by atoms with Crippen molar-refractivity contribution in [2.45, 2.75) is 25.7 Å². The number of nitrogens with one attached hydrogen (secondary N) is 1. The Morgan fingerprint density at radius 2 is 2.00 bits per heavy atom. The maximum atomic E-state index is 13.1. The van der Waals surface area contributed by atoms with Crippen LogP contribution in [-0.2, 0) is 9.59 Å². The topological polar surface area (TPSA) is 92.5 Å². The number of carbonyl (C=O) groups is 3. The molecule has 0 fully saturated rings. The fourth-order valence-corrected chi connectivity index (χ4v) is 2.30. The van der Waals surface area contributed by atoms with Crippen LogP contribution in [0.1, 0.15) is 36.0 Å². The van der Waals surface area contributed by atoms with E-state index in [1.54, 1.807) is 0 Å². The number of hydrogen-bond donors (Lipinski definition) is 2. The molecule has 0 aromatic heterocycles. The first-order valence-corrected chi connectivity index (χ1v) is 6.70. The molecule has 0 spiro atoms. The summed E-state index contributed by atoms with van der Waals surface area (Å²) in [5, 5.41) is 0. The van der Waals surface area contributed by atoms with E-state index < -0.39 is 17.5 Å². The lowest BCUT2D eigenvalue weighted by molar-refractivity contribution is -0.121. The molecule has 0 atom stereocenters. The van der Waals surface area contributed by atoms with E-state index >= 15 is 0 Å². The number of carbonyl (C=O) groups excluding carboxylic acids is 3. The van der Waals surface area contributed by atoms with Gasteiger partial charge in [0.2, 0.25) is 5.91 Å². The molecule has 6 nitrogen and oxygen atoms in total. The molecular formula is C14H16FN3O3. The van der Waals surface area contributed by atoms with Crippen molar-refractivity contribution in [1.29, 1.82) is 0 Å². The zero-order valence-electron chi connectivity index (χ0n) is 11.4. The average molecular weight is 293 g/mol. The molecule has 0 saturated heterocycles. The number of halogens is 1. The third-order valence-corrected chi connectivity index (χ3v) is 3.38. The van der Waals surface area contributed by atoms with Gasteiger partial charge in [0.25, 0.3) is 11.7 Å². The zero-order valence-corrected chi connectivity index (χ0v) is 11.4. The minimum atomic E-state index is -0.674. The fourth-order valence-electron chi connectivity index (χ4n) is 2.30. The first-order valence-electron chi connectivity index (χ1n) is 6.70. The van der Waals surface area contributed by atoms with Gasteiger partial charge < -0.3 is 4.90 Å². The summed E-state index contributed by atoms with van der Waals surface area (Å²) in [6, 6.07) is 3.75. The Kier molecular flexibility index (Phi) is 4.64. The molecule has 1 aromatic rings. The molecule has 0 aliphatic carbocycles. The Morgan fingerprint density at radius 1 is 1.24 bits per heavy atom. The third-order valence-electron chi connectivity index (χ3n) is 3.38. The van der Waals surface area contributed by atoms with Crippen molar-refractivity contribution in [3.05, 3.63) is 29.6 Å². The SMILES string of the molecule is NNC(=O)CCCCCN1C(=O)C(=O)c2cc(F)ccc21. The molecule has 1 heterocycles. The number of fused-ring (bicyclic) bond motifs is 1. The van der Waals surface area contributed by atoms with Crippen LogP contribution in [0.25, 0.3) is 0 Å². The Hall–Kier alpha value is -2.28. The van der Waals surface area contributed by atoms with Crippen LogP contribution in [0.15, 0.2) is 18.2 Å². The van der Waals surface area contributed by atoms with Gasteiger partial charge in [-0.1, -0.05) is 6.42 Å². The van der Waals surface area contributed by atoms with Gasteiger partial charge in [-0.05, 0) is 31.0 Å². The fraction of sp³-hybridized carbons (Fsp3) is 0.357. The summed E-state index contributed by atoms with van der Waals surface area (Å²) in [6.07, 6.45) is 2.34. The van der Waals surface area contributed by atoms with E-state index in [1.807, 2.05) is 5.43 Å². The lowest BCUT2D eigenvalue weighted by Gasteiger charge is -2.16. The number of anilines is 1. The highest BCUT2D eigenvalue weighted by atomic mass is 19.1. The standard InChI is InChI=1S/C14H16FN3O3/c15-9-5-6-11-10(8-9)13(20)14(21)18(11)7-3-1-2-4-12(19)17-16/h5-6,8H,1-4,7,16H2,(H,17,19). The predicted octanol–water partition coefficient (Wildman–Crippen LogP) is 0.905. The number of amides is 2. The number of Topliss-reactive ketones (excluding diaryl/α,β-unsaturated/α-hetero) is 1. The van der Waals surface area contributed by atoms with Gasteiger partial charge in [-0.2, -0.15) is 0 Å². The predicted molar refractivity (Wildman–Crippen MR) is 73.9 cm³/mol. The Morgan fingerprint density at radius 3 is 2.71 bits per heavy atom. The molecule has 112 valence electrons. The minimum absolute atomic E-state index is 0.113. The van der Waals surface area contributed by atoms with E-state index in [0.717, 1.165) is 12.5 Å².